The number of imidazole rings is 1. The van der Waals surface area contributed by atoms with Crippen LogP contribution in [0.1, 0.15) is 24.5 Å². The minimum atomic E-state index is -0.697. The van der Waals surface area contributed by atoms with Gasteiger partial charge in [-0.05, 0) is 57.2 Å². The normalized spacial score (nSPS) is 15.1. The molecule has 0 atom stereocenters. The Morgan fingerprint density at radius 1 is 1.00 bits per heavy atom. The maximum atomic E-state index is 15.0. The second-order valence-corrected chi connectivity index (χ2v) is 9.10. The van der Waals surface area contributed by atoms with Crippen LogP contribution in [0.3, 0.4) is 0 Å². The Balaban J connectivity index is 1.31. The van der Waals surface area contributed by atoms with Crippen LogP contribution in [0.4, 0.5) is 20.4 Å². The van der Waals surface area contributed by atoms with E-state index in [4.69, 9.17) is 0 Å². The number of likely N-dealkylation sites (tertiary alicyclic amines) is 1. The Morgan fingerprint density at radius 2 is 1.83 bits per heavy atom. The molecule has 10 heteroatoms. The van der Waals surface area contributed by atoms with Crippen LogP contribution in [-0.4, -0.2) is 54.5 Å². The Bertz CT molecular complexity index is 1580. The van der Waals surface area contributed by atoms with E-state index in [2.05, 4.69) is 37.2 Å². The Hall–Kier alpha value is -4.18. The molecule has 182 valence electrons. The molecule has 0 spiro atoms. The number of fused-ring (bicyclic) bond motifs is 3. The first-order valence-corrected chi connectivity index (χ1v) is 11.7. The quantitative estimate of drug-likeness (QED) is 0.374. The smallest absolute Gasteiger partial charge is 0.227 e. The van der Waals surface area contributed by atoms with E-state index in [1.165, 1.54) is 12.3 Å². The lowest BCUT2D eigenvalue weighted by Crippen LogP contribution is -2.29. The van der Waals surface area contributed by atoms with E-state index in [-0.39, 0.29) is 28.3 Å². The van der Waals surface area contributed by atoms with Crippen LogP contribution >= 0.6 is 0 Å². The van der Waals surface area contributed by atoms with Crippen LogP contribution < -0.4 is 5.32 Å². The van der Waals surface area contributed by atoms with E-state index in [1.807, 2.05) is 12.1 Å². The van der Waals surface area contributed by atoms with Gasteiger partial charge >= 0.3 is 0 Å². The fourth-order valence-electron chi connectivity index (χ4n) is 4.78. The van der Waals surface area contributed by atoms with Gasteiger partial charge in [0, 0.05) is 35.6 Å². The van der Waals surface area contributed by atoms with Crippen molar-refractivity contribution < 1.29 is 13.9 Å². The van der Waals surface area contributed by atoms with Crippen molar-refractivity contribution >= 4 is 28.2 Å². The van der Waals surface area contributed by atoms with Crippen molar-refractivity contribution in [2.45, 2.75) is 18.8 Å². The zero-order valence-corrected chi connectivity index (χ0v) is 19.5. The van der Waals surface area contributed by atoms with E-state index < -0.39 is 11.6 Å². The van der Waals surface area contributed by atoms with Crippen LogP contribution in [0.2, 0.25) is 0 Å². The SMILES string of the molecule is CN1CCC(c2ccc(Nc3ncc(F)c(-c4cc(F)c5c(O)cc6nccn6c5c4)n3)cn2)CC1. The van der Waals surface area contributed by atoms with E-state index in [9.17, 15) is 9.50 Å². The first-order chi connectivity index (χ1) is 17.5. The van der Waals surface area contributed by atoms with Gasteiger partial charge < -0.3 is 15.3 Å². The summed E-state index contributed by atoms with van der Waals surface area (Å²) in [4.78, 5) is 19.4. The zero-order valence-electron chi connectivity index (χ0n) is 19.5. The maximum Gasteiger partial charge on any atom is 0.227 e. The standard InChI is InChI=1S/C26H23F2N7O/c1-34-7-4-15(5-8-34)20-3-2-17(13-30-20)32-26-31-14-19(28)25(33-26)16-10-18(27)24-21(11-16)35-9-6-29-23(35)12-22(24)36/h2-3,6,9-15,36H,4-5,7-8H2,1H3,(H,31,32,33). The maximum absolute atomic E-state index is 15.0. The lowest BCUT2D eigenvalue weighted by Gasteiger charge is -2.28. The lowest BCUT2D eigenvalue weighted by atomic mass is 9.93. The molecule has 0 unspecified atom stereocenters. The fraction of sp³-hybridized carbons (Fsp3) is 0.231. The predicted molar refractivity (Wildman–Crippen MR) is 132 cm³/mol. The van der Waals surface area contributed by atoms with Crippen LogP contribution in [0, 0.1) is 11.6 Å². The Labute approximate surface area is 205 Å². The molecular weight excluding hydrogens is 464 g/mol. The summed E-state index contributed by atoms with van der Waals surface area (Å²) in [6, 6.07) is 7.99. The van der Waals surface area contributed by atoms with Crippen molar-refractivity contribution in [3.05, 3.63) is 72.4 Å². The summed E-state index contributed by atoms with van der Waals surface area (Å²) in [5.74, 6) is -1.04. The number of nitrogens with one attached hydrogen (secondary N) is 1. The van der Waals surface area contributed by atoms with Crippen LogP contribution in [0.25, 0.3) is 27.8 Å². The highest BCUT2D eigenvalue weighted by Crippen LogP contribution is 2.34. The summed E-state index contributed by atoms with van der Waals surface area (Å²) in [5, 5.41) is 13.4. The summed E-state index contributed by atoms with van der Waals surface area (Å²) < 4.78 is 31.4. The molecule has 0 saturated carbocycles. The van der Waals surface area contributed by atoms with Crippen molar-refractivity contribution in [1.82, 2.24) is 29.2 Å². The molecule has 1 aliphatic rings. The number of piperidine rings is 1. The molecule has 36 heavy (non-hydrogen) atoms. The number of hydrogen-bond acceptors (Lipinski definition) is 7. The molecule has 1 aromatic carbocycles. The van der Waals surface area contributed by atoms with Crippen LogP contribution in [0.5, 0.6) is 5.75 Å². The van der Waals surface area contributed by atoms with E-state index in [1.54, 1.807) is 22.9 Å². The molecular formula is C26H23F2N7O. The van der Waals surface area contributed by atoms with Gasteiger partial charge in [0.25, 0.3) is 0 Å². The number of aromatic nitrogens is 5. The summed E-state index contributed by atoms with van der Waals surface area (Å²) in [5.41, 5.74) is 2.64. The van der Waals surface area contributed by atoms with Gasteiger partial charge in [-0.15, -0.1) is 0 Å². The summed E-state index contributed by atoms with van der Waals surface area (Å²) in [7, 11) is 2.13. The molecule has 6 rings (SSSR count). The topological polar surface area (TPSA) is 91.5 Å². The highest BCUT2D eigenvalue weighted by Gasteiger charge is 2.20. The molecule has 0 amide bonds. The van der Waals surface area contributed by atoms with Gasteiger partial charge in [-0.3, -0.25) is 9.38 Å². The molecule has 0 radical (unpaired) electrons. The predicted octanol–water partition coefficient (Wildman–Crippen LogP) is 4.88. The van der Waals surface area contributed by atoms with Gasteiger partial charge in [-0.1, -0.05) is 0 Å². The van der Waals surface area contributed by atoms with Crippen molar-refractivity contribution in [3.8, 4) is 17.0 Å². The van der Waals surface area contributed by atoms with Gasteiger partial charge in [-0.2, -0.15) is 0 Å². The molecule has 0 bridgehead atoms. The zero-order chi connectivity index (χ0) is 24.8. The van der Waals surface area contributed by atoms with E-state index >= 15 is 4.39 Å². The van der Waals surface area contributed by atoms with E-state index in [0.29, 0.717) is 22.8 Å². The third-order valence-electron chi connectivity index (χ3n) is 6.72. The summed E-state index contributed by atoms with van der Waals surface area (Å²) in [6.07, 6.45) is 8.10. The van der Waals surface area contributed by atoms with Gasteiger partial charge in [0.15, 0.2) is 5.82 Å². The first kappa shape index (κ1) is 22.3. The van der Waals surface area contributed by atoms with Crippen LogP contribution in [-0.2, 0) is 0 Å². The second kappa shape index (κ2) is 8.80. The monoisotopic (exact) mass is 487 g/mol. The van der Waals surface area contributed by atoms with Crippen molar-refractivity contribution in [2.75, 3.05) is 25.5 Å². The number of nitrogens with zero attached hydrogens (tertiary/aromatic N) is 6. The molecule has 1 aliphatic heterocycles. The number of anilines is 2. The molecule has 2 N–H and O–H groups in total. The highest BCUT2D eigenvalue weighted by molar-refractivity contribution is 5.91. The number of rotatable bonds is 4. The second-order valence-electron chi connectivity index (χ2n) is 9.10. The minimum Gasteiger partial charge on any atom is -0.507 e. The Morgan fingerprint density at radius 3 is 2.61 bits per heavy atom. The summed E-state index contributed by atoms with van der Waals surface area (Å²) >= 11 is 0. The van der Waals surface area contributed by atoms with Gasteiger partial charge in [0.1, 0.15) is 22.9 Å². The van der Waals surface area contributed by atoms with Crippen molar-refractivity contribution in [2.24, 2.45) is 0 Å². The number of aromatic hydroxyl groups is 1. The lowest BCUT2D eigenvalue weighted by molar-refractivity contribution is 0.253. The molecule has 5 aromatic rings. The average molecular weight is 488 g/mol. The third kappa shape index (κ3) is 3.99. The number of benzene rings is 1. The molecule has 0 aliphatic carbocycles. The molecule has 1 fully saturated rings. The number of hydrogen-bond donors (Lipinski definition) is 2. The van der Waals surface area contributed by atoms with Crippen molar-refractivity contribution in [1.29, 1.82) is 0 Å². The van der Waals surface area contributed by atoms with E-state index in [0.717, 1.165) is 43.9 Å². The largest absolute Gasteiger partial charge is 0.507 e. The van der Waals surface area contributed by atoms with Crippen LogP contribution in [0.15, 0.2) is 55.1 Å². The molecule has 4 aromatic heterocycles. The number of halogens is 2. The third-order valence-corrected chi connectivity index (χ3v) is 6.72. The molecule has 1 saturated heterocycles. The minimum absolute atomic E-state index is 0.0211. The molecule has 5 heterocycles. The number of pyridine rings is 2. The van der Waals surface area contributed by atoms with Gasteiger partial charge in [0.2, 0.25) is 5.95 Å². The summed E-state index contributed by atoms with van der Waals surface area (Å²) in [6.45, 7) is 2.11. The first-order valence-electron chi connectivity index (χ1n) is 11.7. The Kier molecular flexibility index (Phi) is 5.45. The average Bonchev–Trinajstić information content (AvgIpc) is 3.34. The van der Waals surface area contributed by atoms with Gasteiger partial charge in [-0.25, -0.2) is 23.7 Å². The highest BCUT2D eigenvalue weighted by atomic mass is 19.1. The van der Waals surface area contributed by atoms with Gasteiger partial charge in [0.05, 0.1) is 29.0 Å². The van der Waals surface area contributed by atoms with Crippen molar-refractivity contribution in [3.63, 3.8) is 0 Å². The molecule has 8 nitrogen and oxygen atoms in total. The fourth-order valence-corrected chi connectivity index (χ4v) is 4.78.